The topological polar surface area (TPSA) is 29.1 Å². The van der Waals surface area contributed by atoms with Gasteiger partial charge in [-0.15, -0.1) is 11.6 Å². The van der Waals surface area contributed by atoms with Crippen LogP contribution in [0.1, 0.15) is 29.8 Å². The fourth-order valence-electron chi connectivity index (χ4n) is 1.33. The number of carbonyl (C=O) groups is 1. The zero-order chi connectivity index (χ0) is 14.8. The average molecular weight is 298 g/mol. The zero-order valence-electron chi connectivity index (χ0n) is 10.2. The second-order valence-electron chi connectivity index (χ2n) is 4.64. The van der Waals surface area contributed by atoms with Crippen LogP contribution in [0.3, 0.4) is 0 Å². The summed E-state index contributed by atoms with van der Waals surface area (Å²) in [4.78, 5) is 11.7. The first kappa shape index (κ1) is 15.8. The van der Waals surface area contributed by atoms with Crippen molar-refractivity contribution in [2.75, 3.05) is 5.88 Å². The standard InChI is InChI=1S/C12H12ClF4NO/c1-11(2,6-13)18-10(19)7-4-3-5-8(9(7)14)12(15,16)17/h3-5H,6H2,1-2H3,(H,18,19). The smallest absolute Gasteiger partial charge is 0.346 e. The predicted molar refractivity (Wildman–Crippen MR) is 63.7 cm³/mol. The number of carbonyl (C=O) groups excluding carboxylic acids is 1. The summed E-state index contributed by atoms with van der Waals surface area (Å²) in [5.41, 5.74) is -2.98. The first-order chi connectivity index (χ1) is 8.58. The van der Waals surface area contributed by atoms with E-state index in [-0.39, 0.29) is 5.88 Å². The maximum atomic E-state index is 13.7. The molecule has 0 radical (unpaired) electrons. The number of amides is 1. The van der Waals surface area contributed by atoms with Gasteiger partial charge in [-0.25, -0.2) is 4.39 Å². The molecular formula is C12H12ClF4NO. The van der Waals surface area contributed by atoms with Gasteiger partial charge >= 0.3 is 6.18 Å². The van der Waals surface area contributed by atoms with E-state index in [1.165, 1.54) is 0 Å². The van der Waals surface area contributed by atoms with Gasteiger partial charge in [0.25, 0.3) is 5.91 Å². The third kappa shape index (κ3) is 3.83. The molecule has 1 N–H and O–H groups in total. The summed E-state index contributed by atoms with van der Waals surface area (Å²) in [6.07, 6.45) is -4.84. The van der Waals surface area contributed by atoms with Crippen molar-refractivity contribution in [3.63, 3.8) is 0 Å². The van der Waals surface area contributed by atoms with Crippen molar-refractivity contribution in [3.8, 4) is 0 Å². The second-order valence-corrected chi connectivity index (χ2v) is 4.90. The highest BCUT2D eigenvalue weighted by atomic mass is 35.5. The Morgan fingerprint density at radius 3 is 2.37 bits per heavy atom. The molecule has 0 aliphatic carbocycles. The van der Waals surface area contributed by atoms with Gasteiger partial charge in [0.15, 0.2) is 0 Å². The van der Waals surface area contributed by atoms with Crippen LogP contribution in [0.4, 0.5) is 17.6 Å². The number of halogens is 5. The number of hydrogen-bond donors (Lipinski definition) is 1. The van der Waals surface area contributed by atoms with E-state index in [9.17, 15) is 22.4 Å². The van der Waals surface area contributed by atoms with E-state index in [0.29, 0.717) is 6.07 Å². The lowest BCUT2D eigenvalue weighted by molar-refractivity contribution is -0.140. The molecule has 1 aromatic rings. The number of hydrogen-bond acceptors (Lipinski definition) is 1. The minimum Gasteiger partial charge on any atom is -0.346 e. The molecule has 0 unspecified atom stereocenters. The molecule has 0 saturated carbocycles. The average Bonchev–Trinajstić information content (AvgIpc) is 2.27. The summed E-state index contributed by atoms with van der Waals surface area (Å²) >= 11 is 5.58. The van der Waals surface area contributed by atoms with Crippen molar-refractivity contribution in [1.82, 2.24) is 5.32 Å². The van der Waals surface area contributed by atoms with E-state index < -0.39 is 34.6 Å². The van der Waals surface area contributed by atoms with Gasteiger partial charge < -0.3 is 5.32 Å². The SMILES string of the molecule is CC(C)(CCl)NC(=O)c1cccc(C(F)(F)F)c1F. The summed E-state index contributed by atoms with van der Waals surface area (Å²) < 4.78 is 51.2. The number of nitrogens with one attached hydrogen (secondary N) is 1. The Morgan fingerprint density at radius 1 is 1.32 bits per heavy atom. The van der Waals surface area contributed by atoms with E-state index in [0.717, 1.165) is 12.1 Å². The van der Waals surface area contributed by atoms with Crippen molar-refractivity contribution < 1.29 is 22.4 Å². The van der Waals surface area contributed by atoms with Crippen molar-refractivity contribution in [2.45, 2.75) is 25.6 Å². The molecule has 106 valence electrons. The van der Waals surface area contributed by atoms with E-state index in [2.05, 4.69) is 5.32 Å². The number of rotatable bonds is 3. The predicted octanol–water partition coefficient (Wildman–Crippen LogP) is 3.59. The third-order valence-corrected chi connectivity index (χ3v) is 3.00. The summed E-state index contributed by atoms with van der Waals surface area (Å²) in [5.74, 6) is -2.48. The fraction of sp³-hybridized carbons (Fsp3) is 0.417. The minimum atomic E-state index is -4.84. The molecule has 0 aliphatic rings. The molecule has 1 rings (SSSR count). The van der Waals surface area contributed by atoms with Crippen LogP contribution >= 0.6 is 11.6 Å². The molecule has 19 heavy (non-hydrogen) atoms. The van der Waals surface area contributed by atoms with Crippen molar-refractivity contribution in [1.29, 1.82) is 0 Å². The van der Waals surface area contributed by atoms with Gasteiger partial charge in [0, 0.05) is 11.4 Å². The molecule has 0 atom stereocenters. The summed E-state index contributed by atoms with van der Waals surface area (Å²) in [6, 6.07) is 2.55. The molecule has 0 spiro atoms. The van der Waals surface area contributed by atoms with Crippen LogP contribution in [-0.2, 0) is 6.18 Å². The van der Waals surface area contributed by atoms with Gasteiger partial charge in [-0.1, -0.05) is 6.07 Å². The van der Waals surface area contributed by atoms with Crippen LogP contribution in [0, 0.1) is 5.82 Å². The van der Waals surface area contributed by atoms with E-state index >= 15 is 0 Å². The number of alkyl halides is 4. The quantitative estimate of drug-likeness (QED) is 0.670. The lowest BCUT2D eigenvalue weighted by Crippen LogP contribution is -2.45. The Morgan fingerprint density at radius 2 is 1.89 bits per heavy atom. The van der Waals surface area contributed by atoms with Crippen molar-refractivity contribution >= 4 is 17.5 Å². The van der Waals surface area contributed by atoms with Crippen LogP contribution in [0.2, 0.25) is 0 Å². The molecule has 0 aromatic heterocycles. The highest BCUT2D eigenvalue weighted by Gasteiger charge is 2.36. The normalized spacial score (nSPS) is 12.4. The monoisotopic (exact) mass is 297 g/mol. The Bertz CT molecular complexity index is 485. The van der Waals surface area contributed by atoms with Crippen LogP contribution in [0.15, 0.2) is 18.2 Å². The van der Waals surface area contributed by atoms with Crippen LogP contribution in [-0.4, -0.2) is 17.3 Å². The summed E-state index contributed by atoms with van der Waals surface area (Å²) in [5, 5.41) is 2.36. The minimum absolute atomic E-state index is 0.0410. The van der Waals surface area contributed by atoms with E-state index in [1.807, 2.05) is 0 Å². The molecule has 1 aromatic carbocycles. The zero-order valence-corrected chi connectivity index (χ0v) is 11.0. The van der Waals surface area contributed by atoms with Gasteiger partial charge in [0.1, 0.15) is 5.82 Å². The Balaban J connectivity index is 3.13. The molecule has 0 fully saturated rings. The Hall–Kier alpha value is -1.30. The highest BCUT2D eigenvalue weighted by Crippen LogP contribution is 2.32. The molecule has 0 heterocycles. The van der Waals surface area contributed by atoms with Gasteiger partial charge in [-0.05, 0) is 26.0 Å². The van der Waals surface area contributed by atoms with Crippen LogP contribution in [0.25, 0.3) is 0 Å². The van der Waals surface area contributed by atoms with E-state index in [4.69, 9.17) is 11.6 Å². The van der Waals surface area contributed by atoms with Crippen LogP contribution in [0.5, 0.6) is 0 Å². The van der Waals surface area contributed by atoms with Gasteiger partial charge in [0.2, 0.25) is 0 Å². The largest absolute Gasteiger partial charge is 0.419 e. The van der Waals surface area contributed by atoms with Gasteiger partial charge in [0.05, 0.1) is 11.1 Å². The summed E-state index contributed by atoms with van der Waals surface area (Å²) in [7, 11) is 0. The Labute approximate surface area is 112 Å². The first-order valence-corrected chi connectivity index (χ1v) is 5.86. The summed E-state index contributed by atoms with van der Waals surface area (Å²) in [6.45, 7) is 3.15. The van der Waals surface area contributed by atoms with Crippen molar-refractivity contribution in [3.05, 3.63) is 35.1 Å². The molecule has 7 heteroatoms. The highest BCUT2D eigenvalue weighted by molar-refractivity contribution is 6.18. The van der Waals surface area contributed by atoms with Gasteiger partial charge in [-0.2, -0.15) is 13.2 Å². The first-order valence-electron chi connectivity index (χ1n) is 5.32. The van der Waals surface area contributed by atoms with E-state index in [1.54, 1.807) is 13.8 Å². The van der Waals surface area contributed by atoms with Crippen LogP contribution < -0.4 is 5.32 Å². The second kappa shape index (κ2) is 5.36. The molecular weight excluding hydrogens is 286 g/mol. The third-order valence-electron chi connectivity index (χ3n) is 2.33. The molecule has 0 aliphatic heterocycles. The number of benzene rings is 1. The maximum Gasteiger partial charge on any atom is 0.419 e. The molecule has 0 saturated heterocycles. The van der Waals surface area contributed by atoms with Gasteiger partial charge in [-0.3, -0.25) is 4.79 Å². The van der Waals surface area contributed by atoms with Crippen molar-refractivity contribution in [2.24, 2.45) is 0 Å². The molecule has 2 nitrogen and oxygen atoms in total. The molecule has 1 amide bonds. The molecule has 0 bridgehead atoms. The lowest BCUT2D eigenvalue weighted by atomic mass is 10.1. The maximum absolute atomic E-state index is 13.7. The Kier molecular flexibility index (Phi) is 4.45. The fourth-order valence-corrected chi connectivity index (χ4v) is 1.40. The lowest BCUT2D eigenvalue weighted by Gasteiger charge is -2.23.